The Labute approximate surface area is 254 Å². The number of aliphatic hydroxyl groups excluding tert-OH is 1. The van der Waals surface area contributed by atoms with E-state index in [2.05, 4.69) is 25.7 Å². The number of likely N-dealkylation sites (tertiary alicyclic amines) is 1. The highest BCUT2D eigenvalue weighted by atomic mass is 16.5. The van der Waals surface area contributed by atoms with Gasteiger partial charge in [0.25, 0.3) is 11.7 Å². The van der Waals surface area contributed by atoms with E-state index in [0.717, 1.165) is 31.5 Å². The van der Waals surface area contributed by atoms with Crippen molar-refractivity contribution in [3.05, 3.63) is 95.1 Å². The third-order valence-corrected chi connectivity index (χ3v) is 7.73. The molecule has 0 bridgehead atoms. The third-order valence-electron chi connectivity index (χ3n) is 7.73. The van der Waals surface area contributed by atoms with Gasteiger partial charge in [-0.3, -0.25) is 9.59 Å². The summed E-state index contributed by atoms with van der Waals surface area (Å²) in [6.07, 6.45) is 1.91. The Bertz CT molecular complexity index is 1400. The molecular weight excluding hydrogens is 544 g/mol. The summed E-state index contributed by atoms with van der Waals surface area (Å²) in [5.41, 5.74) is 2.16. The first-order valence-electron chi connectivity index (χ1n) is 15.0. The third kappa shape index (κ3) is 7.56. The van der Waals surface area contributed by atoms with E-state index in [-0.39, 0.29) is 11.3 Å². The second-order valence-corrected chi connectivity index (χ2v) is 10.4. The van der Waals surface area contributed by atoms with Crippen molar-refractivity contribution in [3.8, 4) is 17.2 Å². The summed E-state index contributed by atoms with van der Waals surface area (Å²) >= 11 is 0. The molecule has 1 saturated heterocycles. The Morgan fingerprint density at radius 1 is 0.907 bits per heavy atom. The van der Waals surface area contributed by atoms with Crippen LogP contribution in [0.15, 0.2) is 78.4 Å². The van der Waals surface area contributed by atoms with Gasteiger partial charge >= 0.3 is 0 Å². The monoisotopic (exact) mass is 586 g/mol. The first-order valence-corrected chi connectivity index (χ1v) is 15.0. The number of Topliss-reactive ketones (excluding diaryl/α,β-unsaturated/α-hetero) is 1. The smallest absolute Gasteiger partial charge is 0.295 e. The zero-order valence-electron chi connectivity index (χ0n) is 25.5. The molecule has 4 rings (SSSR count). The SMILES string of the molecule is CCCCOc1ccc(C2/C(=C(\O)c3ccc(OCc4ccccc4)cc3)C(=O)C(=O)N2CCN(CC)CC)cc1OC. The van der Waals surface area contributed by atoms with Crippen LogP contribution in [0.25, 0.3) is 5.76 Å². The molecule has 1 unspecified atom stereocenters. The molecular formula is C35H42N2O6. The van der Waals surface area contributed by atoms with E-state index in [1.807, 2.05) is 36.4 Å². The Balaban J connectivity index is 1.69. The molecule has 0 aliphatic carbocycles. The number of likely N-dealkylation sites (N-methyl/N-ethyl adjacent to an activating group) is 1. The number of amides is 1. The van der Waals surface area contributed by atoms with Gasteiger partial charge in [0.15, 0.2) is 11.5 Å². The van der Waals surface area contributed by atoms with E-state index in [9.17, 15) is 14.7 Å². The van der Waals surface area contributed by atoms with Crippen LogP contribution < -0.4 is 14.2 Å². The van der Waals surface area contributed by atoms with Crippen molar-refractivity contribution in [1.29, 1.82) is 0 Å². The number of methoxy groups -OCH3 is 1. The normalized spacial score (nSPS) is 16.1. The standard InChI is InChI=1S/C35H42N2O6/c1-5-8-22-42-29-19-16-27(23-30(29)41-4)32-31(34(39)35(40)37(32)21-20-36(6-2)7-3)33(38)26-14-17-28(18-15-26)43-24-25-12-10-9-11-13-25/h9-19,23,32,38H,5-8,20-22,24H2,1-4H3/b33-31+. The second-order valence-electron chi connectivity index (χ2n) is 10.4. The average molecular weight is 587 g/mol. The van der Waals surface area contributed by atoms with Crippen LogP contribution in [0, 0.1) is 0 Å². The van der Waals surface area contributed by atoms with Gasteiger partial charge in [-0.2, -0.15) is 0 Å². The molecule has 43 heavy (non-hydrogen) atoms. The van der Waals surface area contributed by atoms with Gasteiger partial charge in [-0.15, -0.1) is 0 Å². The minimum atomic E-state index is -0.789. The number of benzene rings is 3. The maximum atomic E-state index is 13.5. The van der Waals surface area contributed by atoms with Gasteiger partial charge in [0, 0.05) is 18.7 Å². The fraction of sp³-hybridized carbons (Fsp3) is 0.371. The number of hydrogen-bond donors (Lipinski definition) is 1. The summed E-state index contributed by atoms with van der Waals surface area (Å²) in [5.74, 6) is 0.136. The molecule has 8 nitrogen and oxygen atoms in total. The van der Waals surface area contributed by atoms with E-state index < -0.39 is 17.7 Å². The number of ketones is 1. The van der Waals surface area contributed by atoms with Gasteiger partial charge < -0.3 is 29.1 Å². The molecule has 8 heteroatoms. The Morgan fingerprint density at radius 3 is 2.28 bits per heavy atom. The lowest BCUT2D eigenvalue weighted by Gasteiger charge is -2.28. The highest BCUT2D eigenvalue weighted by Gasteiger charge is 2.46. The van der Waals surface area contributed by atoms with Crippen molar-refractivity contribution < 1.29 is 28.9 Å². The zero-order chi connectivity index (χ0) is 30.8. The quantitative estimate of drug-likeness (QED) is 0.0980. The van der Waals surface area contributed by atoms with Gasteiger partial charge in [-0.25, -0.2) is 0 Å². The first kappa shape index (κ1) is 31.6. The molecule has 1 heterocycles. The predicted molar refractivity (Wildman–Crippen MR) is 167 cm³/mol. The van der Waals surface area contributed by atoms with Gasteiger partial charge in [-0.05, 0) is 67.0 Å². The average Bonchev–Trinajstić information content (AvgIpc) is 3.30. The summed E-state index contributed by atoms with van der Waals surface area (Å²) in [4.78, 5) is 30.7. The molecule has 228 valence electrons. The fourth-order valence-corrected chi connectivity index (χ4v) is 5.15. The first-order chi connectivity index (χ1) is 20.9. The Kier molecular flexibility index (Phi) is 11.2. The Morgan fingerprint density at radius 2 is 1.63 bits per heavy atom. The van der Waals surface area contributed by atoms with Crippen molar-refractivity contribution in [2.45, 2.75) is 46.3 Å². The van der Waals surface area contributed by atoms with Crippen LogP contribution in [0.5, 0.6) is 17.2 Å². The molecule has 0 spiro atoms. The number of unbranched alkanes of at least 4 members (excludes halogenated alkanes) is 1. The number of rotatable bonds is 15. The van der Waals surface area contributed by atoms with E-state index in [0.29, 0.717) is 54.7 Å². The molecule has 0 aromatic heterocycles. The molecule has 3 aromatic rings. The van der Waals surface area contributed by atoms with E-state index in [4.69, 9.17) is 14.2 Å². The fourth-order valence-electron chi connectivity index (χ4n) is 5.15. The highest BCUT2D eigenvalue weighted by Crippen LogP contribution is 2.42. The maximum Gasteiger partial charge on any atom is 0.295 e. The van der Waals surface area contributed by atoms with Crippen LogP contribution >= 0.6 is 0 Å². The van der Waals surface area contributed by atoms with E-state index in [1.54, 1.807) is 48.4 Å². The molecule has 1 atom stereocenters. The molecule has 3 aromatic carbocycles. The minimum absolute atomic E-state index is 0.0456. The molecule has 0 saturated carbocycles. The summed E-state index contributed by atoms with van der Waals surface area (Å²) in [7, 11) is 1.56. The van der Waals surface area contributed by atoms with Crippen LogP contribution in [0.3, 0.4) is 0 Å². The topological polar surface area (TPSA) is 88.5 Å². The lowest BCUT2D eigenvalue weighted by atomic mass is 9.95. The Hall–Kier alpha value is -4.30. The van der Waals surface area contributed by atoms with Crippen LogP contribution in [0.1, 0.15) is 56.3 Å². The number of nitrogens with zero attached hydrogens (tertiary/aromatic N) is 2. The van der Waals surface area contributed by atoms with Crippen molar-refractivity contribution >= 4 is 17.4 Å². The lowest BCUT2D eigenvalue weighted by Crippen LogP contribution is -2.38. The van der Waals surface area contributed by atoms with Crippen LogP contribution in [0.4, 0.5) is 0 Å². The van der Waals surface area contributed by atoms with Crippen LogP contribution in [0.2, 0.25) is 0 Å². The molecule has 0 radical (unpaired) electrons. The van der Waals surface area contributed by atoms with Gasteiger partial charge in [0.05, 0.1) is 25.3 Å². The summed E-state index contributed by atoms with van der Waals surface area (Å²) in [5, 5.41) is 11.5. The summed E-state index contributed by atoms with van der Waals surface area (Å²) in [6.45, 7) is 9.74. The van der Waals surface area contributed by atoms with Crippen molar-refractivity contribution in [1.82, 2.24) is 9.80 Å². The summed E-state index contributed by atoms with van der Waals surface area (Å²) < 4.78 is 17.4. The van der Waals surface area contributed by atoms with Crippen molar-refractivity contribution in [3.63, 3.8) is 0 Å². The predicted octanol–water partition coefficient (Wildman–Crippen LogP) is 6.22. The lowest BCUT2D eigenvalue weighted by molar-refractivity contribution is -0.140. The molecule has 1 aliphatic heterocycles. The van der Waals surface area contributed by atoms with Crippen molar-refractivity contribution in [2.75, 3.05) is 39.9 Å². The second kappa shape index (κ2) is 15.3. The van der Waals surface area contributed by atoms with Crippen molar-refractivity contribution in [2.24, 2.45) is 0 Å². The largest absolute Gasteiger partial charge is 0.507 e. The van der Waals surface area contributed by atoms with Gasteiger partial charge in [0.2, 0.25) is 0 Å². The van der Waals surface area contributed by atoms with E-state index >= 15 is 0 Å². The molecule has 1 amide bonds. The number of aliphatic hydroxyl groups is 1. The molecule has 1 fully saturated rings. The number of hydrogen-bond acceptors (Lipinski definition) is 7. The summed E-state index contributed by atoms with van der Waals surface area (Å²) in [6, 6.07) is 21.3. The minimum Gasteiger partial charge on any atom is -0.507 e. The number of carbonyl (C=O) groups excluding carboxylic acids is 2. The maximum absolute atomic E-state index is 13.5. The number of ether oxygens (including phenoxy) is 3. The zero-order valence-corrected chi connectivity index (χ0v) is 25.5. The van der Waals surface area contributed by atoms with Gasteiger partial charge in [-0.1, -0.05) is 63.6 Å². The molecule has 1 N–H and O–H groups in total. The van der Waals surface area contributed by atoms with Crippen LogP contribution in [-0.4, -0.2) is 66.5 Å². The highest BCUT2D eigenvalue weighted by molar-refractivity contribution is 6.46. The van der Waals surface area contributed by atoms with Crippen LogP contribution in [-0.2, 0) is 16.2 Å². The molecule has 1 aliphatic rings. The van der Waals surface area contributed by atoms with E-state index in [1.165, 1.54) is 0 Å². The number of carbonyl (C=O) groups is 2. The van der Waals surface area contributed by atoms with Gasteiger partial charge in [0.1, 0.15) is 18.1 Å².